The molecule has 0 aromatic heterocycles. The molecule has 1 amide bonds. The van der Waals surface area contributed by atoms with E-state index in [0.29, 0.717) is 11.3 Å². The average molecular weight is 272 g/mol. The topological polar surface area (TPSA) is 62.1 Å². The number of nitrogens with zero attached hydrogens (tertiary/aromatic N) is 1. The molecule has 1 saturated carbocycles. The van der Waals surface area contributed by atoms with Crippen molar-refractivity contribution in [3.05, 3.63) is 29.8 Å². The maximum atomic E-state index is 11.7. The Labute approximate surface area is 119 Å². The van der Waals surface area contributed by atoms with Gasteiger partial charge in [-0.05, 0) is 42.5 Å². The molecule has 1 aromatic carbocycles. The lowest BCUT2D eigenvalue weighted by molar-refractivity contribution is -0.123. The van der Waals surface area contributed by atoms with Gasteiger partial charge in [0.05, 0.1) is 11.6 Å². The summed E-state index contributed by atoms with van der Waals surface area (Å²) in [5.74, 6) is 0.508. The third-order valence-electron chi connectivity index (χ3n) is 3.88. The van der Waals surface area contributed by atoms with Crippen molar-refractivity contribution in [1.29, 1.82) is 5.26 Å². The molecule has 1 fully saturated rings. The van der Waals surface area contributed by atoms with Crippen LogP contribution in [0.4, 0.5) is 0 Å². The highest BCUT2D eigenvalue weighted by Gasteiger charge is 2.28. The molecule has 4 nitrogen and oxygen atoms in total. The van der Waals surface area contributed by atoms with Crippen molar-refractivity contribution >= 4 is 5.91 Å². The fourth-order valence-corrected chi connectivity index (χ4v) is 2.54. The highest BCUT2D eigenvalue weighted by molar-refractivity contribution is 5.77. The number of amides is 1. The van der Waals surface area contributed by atoms with Gasteiger partial charge in [0.2, 0.25) is 0 Å². The lowest BCUT2D eigenvalue weighted by Crippen LogP contribution is -2.36. The highest BCUT2D eigenvalue weighted by Crippen LogP contribution is 2.36. The summed E-state index contributed by atoms with van der Waals surface area (Å²) in [6.45, 7) is 2.96. The van der Waals surface area contributed by atoms with Crippen molar-refractivity contribution in [3.63, 3.8) is 0 Å². The minimum absolute atomic E-state index is 0.0159. The van der Waals surface area contributed by atoms with Crippen LogP contribution in [-0.4, -0.2) is 19.1 Å². The van der Waals surface area contributed by atoms with Crippen LogP contribution in [0.2, 0.25) is 0 Å². The Bertz CT molecular complexity index is 496. The molecule has 0 spiro atoms. The number of ether oxygens (including phenoxy) is 1. The maximum absolute atomic E-state index is 11.7. The summed E-state index contributed by atoms with van der Waals surface area (Å²) in [7, 11) is 0. The molecular formula is C16H20N2O2. The average Bonchev–Trinajstić information content (AvgIpc) is 2.91. The molecule has 4 heteroatoms. The van der Waals surface area contributed by atoms with Gasteiger partial charge in [0.15, 0.2) is 6.61 Å². The Kier molecular flexibility index (Phi) is 4.62. The molecule has 106 valence electrons. The zero-order valence-electron chi connectivity index (χ0n) is 11.8. The van der Waals surface area contributed by atoms with Crippen LogP contribution in [0.5, 0.6) is 5.75 Å². The van der Waals surface area contributed by atoms with Gasteiger partial charge >= 0.3 is 0 Å². The molecule has 0 aliphatic heterocycles. The molecule has 1 aliphatic rings. The number of hydrogen-bond donors (Lipinski definition) is 1. The molecule has 20 heavy (non-hydrogen) atoms. The Morgan fingerprint density at radius 2 is 2.00 bits per heavy atom. The van der Waals surface area contributed by atoms with Crippen molar-refractivity contribution in [2.24, 2.45) is 5.41 Å². The molecule has 0 atom stereocenters. The fourth-order valence-electron chi connectivity index (χ4n) is 2.54. The van der Waals surface area contributed by atoms with Crippen LogP contribution in [-0.2, 0) is 4.79 Å². The van der Waals surface area contributed by atoms with E-state index in [4.69, 9.17) is 10.00 Å². The quantitative estimate of drug-likeness (QED) is 0.896. The minimum Gasteiger partial charge on any atom is -0.484 e. The summed E-state index contributed by atoms with van der Waals surface area (Å²) in [6, 6.07) is 8.78. The fraction of sp³-hybridized carbons (Fsp3) is 0.500. The van der Waals surface area contributed by atoms with E-state index in [-0.39, 0.29) is 17.9 Å². The van der Waals surface area contributed by atoms with E-state index >= 15 is 0 Å². The molecular weight excluding hydrogens is 252 g/mol. The molecule has 1 aromatic rings. The molecule has 0 unspecified atom stereocenters. The lowest BCUT2D eigenvalue weighted by Gasteiger charge is -2.23. The number of nitriles is 1. The Morgan fingerprint density at radius 1 is 1.35 bits per heavy atom. The van der Waals surface area contributed by atoms with Crippen LogP contribution in [0.25, 0.3) is 0 Å². The molecule has 0 saturated heterocycles. The van der Waals surface area contributed by atoms with Crippen molar-refractivity contribution in [2.45, 2.75) is 32.6 Å². The van der Waals surface area contributed by atoms with Crippen LogP contribution in [0.15, 0.2) is 24.3 Å². The number of carbonyl (C=O) groups is 1. The van der Waals surface area contributed by atoms with E-state index in [0.717, 1.165) is 6.54 Å². The number of carbonyl (C=O) groups excluding carboxylic acids is 1. The zero-order valence-corrected chi connectivity index (χ0v) is 11.8. The maximum Gasteiger partial charge on any atom is 0.257 e. The summed E-state index contributed by atoms with van der Waals surface area (Å²) in [6.07, 6.45) is 4.88. The van der Waals surface area contributed by atoms with Gasteiger partial charge in [-0.25, -0.2) is 0 Å². The summed E-state index contributed by atoms with van der Waals surface area (Å²) in [5, 5.41) is 11.6. The highest BCUT2D eigenvalue weighted by atomic mass is 16.5. The third-order valence-corrected chi connectivity index (χ3v) is 3.88. The van der Waals surface area contributed by atoms with E-state index in [1.165, 1.54) is 25.7 Å². The zero-order chi connectivity index (χ0) is 14.4. The number of rotatable bonds is 5. The summed E-state index contributed by atoms with van der Waals surface area (Å²) < 4.78 is 5.39. The van der Waals surface area contributed by atoms with E-state index in [9.17, 15) is 4.79 Å². The second-order valence-electron chi connectivity index (χ2n) is 5.72. The van der Waals surface area contributed by atoms with E-state index < -0.39 is 0 Å². The summed E-state index contributed by atoms with van der Waals surface area (Å²) in [4.78, 5) is 11.7. The predicted molar refractivity (Wildman–Crippen MR) is 76.2 cm³/mol. The monoisotopic (exact) mass is 272 g/mol. The van der Waals surface area contributed by atoms with Crippen molar-refractivity contribution < 1.29 is 9.53 Å². The van der Waals surface area contributed by atoms with E-state index in [2.05, 4.69) is 12.2 Å². The van der Waals surface area contributed by atoms with Crippen LogP contribution in [0.1, 0.15) is 38.2 Å². The molecule has 1 N–H and O–H groups in total. The smallest absolute Gasteiger partial charge is 0.257 e. The first-order chi connectivity index (χ1) is 9.61. The largest absolute Gasteiger partial charge is 0.484 e. The van der Waals surface area contributed by atoms with Gasteiger partial charge in [0, 0.05) is 6.54 Å². The Hall–Kier alpha value is -2.02. The van der Waals surface area contributed by atoms with Gasteiger partial charge in [-0.3, -0.25) is 4.79 Å². The van der Waals surface area contributed by atoms with Gasteiger partial charge in [-0.15, -0.1) is 0 Å². The SMILES string of the molecule is CC1(CNC(=O)COc2ccc(C#N)cc2)CCCC1. The first-order valence-corrected chi connectivity index (χ1v) is 7.01. The predicted octanol–water partition coefficient (Wildman–Crippen LogP) is 2.63. The van der Waals surface area contributed by atoms with Gasteiger partial charge in [0.25, 0.3) is 5.91 Å². The van der Waals surface area contributed by atoms with E-state index in [1.54, 1.807) is 24.3 Å². The Morgan fingerprint density at radius 3 is 2.60 bits per heavy atom. The van der Waals surface area contributed by atoms with Crippen LogP contribution in [0.3, 0.4) is 0 Å². The van der Waals surface area contributed by atoms with Gasteiger partial charge in [-0.2, -0.15) is 5.26 Å². The molecule has 0 radical (unpaired) electrons. The van der Waals surface area contributed by atoms with Crippen molar-refractivity contribution in [1.82, 2.24) is 5.32 Å². The third kappa shape index (κ3) is 3.99. The number of nitrogens with one attached hydrogen (secondary N) is 1. The second kappa shape index (κ2) is 6.42. The van der Waals surface area contributed by atoms with Crippen molar-refractivity contribution in [2.75, 3.05) is 13.2 Å². The Balaban J connectivity index is 1.73. The van der Waals surface area contributed by atoms with Crippen molar-refractivity contribution in [3.8, 4) is 11.8 Å². The van der Waals surface area contributed by atoms with Gasteiger partial charge in [-0.1, -0.05) is 19.8 Å². The van der Waals surface area contributed by atoms with E-state index in [1.807, 2.05) is 6.07 Å². The lowest BCUT2D eigenvalue weighted by atomic mass is 9.89. The molecule has 2 rings (SSSR count). The minimum atomic E-state index is -0.0949. The summed E-state index contributed by atoms with van der Waals surface area (Å²) in [5.41, 5.74) is 0.834. The number of hydrogen-bond acceptors (Lipinski definition) is 3. The molecule has 1 aliphatic carbocycles. The standard InChI is InChI=1S/C16H20N2O2/c1-16(8-2-3-9-16)12-18-15(19)11-20-14-6-4-13(10-17)5-7-14/h4-7H,2-3,8-9,11-12H2,1H3,(H,18,19). The number of benzene rings is 1. The van der Waals surface area contributed by atoms with Crippen LogP contribution < -0.4 is 10.1 Å². The van der Waals surface area contributed by atoms with Crippen LogP contribution >= 0.6 is 0 Å². The second-order valence-corrected chi connectivity index (χ2v) is 5.72. The van der Waals surface area contributed by atoms with Gasteiger partial charge < -0.3 is 10.1 Å². The molecule has 0 heterocycles. The normalized spacial score (nSPS) is 16.4. The van der Waals surface area contributed by atoms with Gasteiger partial charge in [0.1, 0.15) is 5.75 Å². The van der Waals surface area contributed by atoms with Crippen LogP contribution in [0, 0.1) is 16.7 Å². The first-order valence-electron chi connectivity index (χ1n) is 7.01. The molecule has 0 bridgehead atoms. The summed E-state index contributed by atoms with van der Waals surface area (Å²) >= 11 is 0. The first kappa shape index (κ1) is 14.4.